The van der Waals surface area contributed by atoms with Gasteiger partial charge < -0.3 is 4.90 Å². The molecule has 10 aromatic carbocycles. The molecule has 0 N–H and O–H groups in total. The van der Waals surface area contributed by atoms with E-state index in [1.165, 1.54) is 76.5 Å². The van der Waals surface area contributed by atoms with Gasteiger partial charge in [-0.3, -0.25) is 0 Å². The van der Waals surface area contributed by atoms with Gasteiger partial charge in [0.05, 0.1) is 0 Å². The second-order valence-corrected chi connectivity index (χ2v) is 13.8. The third-order valence-electron chi connectivity index (χ3n) is 10.6. The van der Waals surface area contributed by atoms with Crippen molar-refractivity contribution in [1.82, 2.24) is 0 Å². The molecule has 10 rings (SSSR count). The van der Waals surface area contributed by atoms with Gasteiger partial charge in [0.1, 0.15) is 0 Å². The van der Waals surface area contributed by atoms with E-state index in [1.54, 1.807) is 0 Å². The molecule has 0 aliphatic heterocycles. The van der Waals surface area contributed by atoms with Crippen LogP contribution in [-0.2, 0) is 0 Å². The van der Waals surface area contributed by atoms with E-state index < -0.39 is 0 Å². The maximum absolute atomic E-state index is 2.37. The van der Waals surface area contributed by atoms with Gasteiger partial charge >= 0.3 is 0 Å². The minimum absolute atomic E-state index is 1.11. The van der Waals surface area contributed by atoms with Crippen LogP contribution in [0.3, 0.4) is 0 Å². The van der Waals surface area contributed by atoms with Crippen molar-refractivity contribution in [3.05, 3.63) is 212 Å². The molecule has 1 heteroatoms. The molecular formula is C52H35N. The quantitative estimate of drug-likeness (QED) is 0.159. The Hall–Kier alpha value is -6.96. The zero-order chi connectivity index (χ0) is 35.1. The summed E-state index contributed by atoms with van der Waals surface area (Å²) in [6.07, 6.45) is 0. The lowest BCUT2D eigenvalue weighted by Crippen LogP contribution is -2.10. The molecule has 0 heterocycles. The fraction of sp³-hybridized carbons (Fsp3) is 0. The lowest BCUT2D eigenvalue weighted by atomic mass is 9.92. The van der Waals surface area contributed by atoms with Crippen LogP contribution in [0.15, 0.2) is 212 Å². The average molecular weight is 674 g/mol. The van der Waals surface area contributed by atoms with E-state index in [0.717, 1.165) is 17.1 Å². The third-order valence-corrected chi connectivity index (χ3v) is 10.6. The van der Waals surface area contributed by atoms with Crippen molar-refractivity contribution in [1.29, 1.82) is 0 Å². The summed E-state index contributed by atoms with van der Waals surface area (Å²) in [5.74, 6) is 0. The topological polar surface area (TPSA) is 3.24 Å². The molecule has 0 unspecified atom stereocenters. The highest BCUT2D eigenvalue weighted by molar-refractivity contribution is 6.25. The number of benzene rings is 10. The van der Waals surface area contributed by atoms with Crippen molar-refractivity contribution in [2.24, 2.45) is 0 Å². The molecule has 0 aromatic heterocycles. The molecule has 53 heavy (non-hydrogen) atoms. The smallest absolute Gasteiger partial charge is 0.0467 e. The lowest BCUT2D eigenvalue weighted by Gasteiger charge is -2.26. The summed E-state index contributed by atoms with van der Waals surface area (Å²) in [6, 6.07) is 77.2. The minimum atomic E-state index is 1.11. The zero-order valence-corrected chi connectivity index (χ0v) is 29.2. The van der Waals surface area contributed by atoms with Crippen molar-refractivity contribution in [3.63, 3.8) is 0 Å². The first-order valence-electron chi connectivity index (χ1n) is 18.3. The van der Waals surface area contributed by atoms with Crippen LogP contribution in [0.1, 0.15) is 0 Å². The Morgan fingerprint density at radius 3 is 1.30 bits per heavy atom. The number of nitrogens with zero attached hydrogens (tertiary/aromatic N) is 1. The van der Waals surface area contributed by atoms with Crippen molar-refractivity contribution < 1.29 is 0 Å². The molecule has 0 aliphatic carbocycles. The normalized spacial score (nSPS) is 11.4. The van der Waals surface area contributed by atoms with Crippen molar-refractivity contribution >= 4 is 60.2 Å². The SMILES string of the molecule is c1ccc(-c2ccc(N(c3ccc(-c4ccc5c6ccccc6c6ccccc6c5c4)cc3)c3cccc(-c4ccc5ccccc5c4)c3)cc2)cc1. The van der Waals surface area contributed by atoms with E-state index in [-0.39, 0.29) is 0 Å². The van der Waals surface area contributed by atoms with Crippen molar-refractivity contribution in [2.75, 3.05) is 4.90 Å². The van der Waals surface area contributed by atoms with Crippen LogP contribution in [0.4, 0.5) is 17.1 Å². The van der Waals surface area contributed by atoms with E-state index in [4.69, 9.17) is 0 Å². The number of anilines is 3. The fourth-order valence-electron chi connectivity index (χ4n) is 7.96. The third kappa shape index (κ3) is 5.60. The summed E-state index contributed by atoms with van der Waals surface area (Å²) in [7, 11) is 0. The molecular weight excluding hydrogens is 639 g/mol. The molecule has 0 saturated heterocycles. The van der Waals surface area contributed by atoms with Gasteiger partial charge in [-0.25, -0.2) is 0 Å². The summed E-state index contributed by atoms with van der Waals surface area (Å²) in [6.45, 7) is 0. The summed E-state index contributed by atoms with van der Waals surface area (Å²) < 4.78 is 0. The zero-order valence-electron chi connectivity index (χ0n) is 29.2. The highest BCUT2D eigenvalue weighted by atomic mass is 15.1. The Kier molecular flexibility index (Phi) is 7.55. The molecule has 0 radical (unpaired) electrons. The monoisotopic (exact) mass is 673 g/mol. The molecule has 0 aliphatic rings. The summed E-state index contributed by atoms with van der Waals surface area (Å²) in [5.41, 5.74) is 10.5. The van der Waals surface area contributed by atoms with E-state index in [0.29, 0.717) is 0 Å². The average Bonchev–Trinajstić information content (AvgIpc) is 3.24. The molecule has 0 spiro atoms. The highest BCUT2D eigenvalue weighted by Gasteiger charge is 2.15. The van der Waals surface area contributed by atoms with Gasteiger partial charge in [0.2, 0.25) is 0 Å². The van der Waals surface area contributed by atoms with Crippen LogP contribution in [0.25, 0.3) is 76.5 Å². The second kappa shape index (κ2) is 13.0. The molecule has 0 bridgehead atoms. The van der Waals surface area contributed by atoms with E-state index >= 15 is 0 Å². The summed E-state index contributed by atoms with van der Waals surface area (Å²) >= 11 is 0. The van der Waals surface area contributed by atoms with Gasteiger partial charge in [-0.2, -0.15) is 0 Å². The Bertz CT molecular complexity index is 2890. The first kappa shape index (κ1) is 30.8. The first-order valence-corrected chi connectivity index (χ1v) is 18.3. The number of rotatable bonds is 6. The van der Waals surface area contributed by atoms with Gasteiger partial charge in [-0.1, -0.05) is 164 Å². The highest BCUT2D eigenvalue weighted by Crippen LogP contribution is 2.40. The fourth-order valence-corrected chi connectivity index (χ4v) is 7.96. The predicted molar refractivity (Wildman–Crippen MR) is 227 cm³/mol. The molecule has 248 valence electrons. The Labute approximate surface area is 309 Å². The van der Waals surface area contributed by atoms with Crippen LogP contribution >= 0.6 is 0 Å². The Morgan fingerprint density at radius 1 is 0.208 bits per heavy atom. The van der Waals surface area contributed by atoms with Crippen LogP contribution in [0.5, 0.6) is 0 Å². The van der Waals surface area contributed by atoms with Crippen LogP contribution < -0.4 is 4.90 Å². The maximum atomic E-state index is 2.37. The number of hydrogen-bond acceptors (Lipinski definition) is 1. The summed E-state index contributed by atoms with van der Waals surface area (Å²) in [5, 5.41) is 10.2. The van der Waals surface area contributed by atoms with Gasteiger partial charge in [0, 0.05) is 17.1 Å². The molecule has 0 atom stereocenters. The molecule has 1 nitrogen and oxygen atoms in total. The van der Waals surface area contributed by atoms with Gasteiger partial charge in [0.25, 0.3) is 0 Å². The van der Waals surface area contributed by atoms with E-state index in [2.05, 4.69) is 217 Å². The van der Waals surface area contributed by atoms with Gasteiger partial charge in [-0.15, -0.1) is 0 Å². The van der Waals surface area contributed by atoms with Crippen molar-refractivity contribution in [2.45, 2.75) is 0 Å². The van der Waals surface area contributed by atoms with Gasteiger partial charge in [-0.05, 0) is 125 Å². The first-order chi connectivity index (χ1) is 26.3. The van der Waals surface area contributed by atoms with Crippen LogP contribution in [0, 0.1) is 0 Å². The Morgan fingerprint density at radius 2 is 0.642 bits per heavy atom. The standard InChI is InChI=1S/C52H35N/c1-2-11-36(12-3-1)38-23-28-44(29-24-38)53(46-16-10-15-41(34-46)42-22-21-37-13-4-5-14-40(37)33-42)45-30-25-39(26-31-45)43-27-32-51-49-19-7-6-17-47(49)48-18-8-9-20-50(48)52(51)35-43/h1-35H. The van der Waals surface area contributed by atoms with Crippen molar-refractivity contribution in [3.8, 4) is 33.4 Å². The Balaban J connectivity index is 1.07. The largest absolute Gasteiger partial charge is 0.310 e. The molecule has 0 amide bonds. The van der Waals surface area contributed by atoms with E-state index in [9.17, 15) is 0 Å². The number of hydrogen-bond donors (Lipinski definition) is 0. The lowest BCUT2D eigenvalue weighted by molar-refractivity contribution is 1.28. The number of fused-ring (bicyclic) bond motifs is 7. The molecule has 10 aromatic rings. The predicted octanol–water partition coefficient (Wildman–Crippen LogP) is 14.8. The second-order valence-electron chi connectivity index (χ2n) is 13.8. The van der Waals surface area contributed by atoms with Crippen LogP contribution in [0.2, 0.25) is 0 Å². The molecule has 0 saturated carbocycles. The minimum Gasteiger partial charge on any atom is -0.310 e. The van der Waals surface area contributed by atoms with Crippen LogP contribution in [-0.4, -0.2) is 0 Å². The van der Waals surface area contributed by atoms with Gasteiger partial charge in [0.15, 0.2) is 0 Å². The summed E-state index contributed by atoms with van der Waals surface area (Å²) in [4.78, 5) is 2.36. The molecule has 0 fully saturated rings. The van der Waals surface area contributed by atoms with E-state index in [1.807, 2.05) is 0 Å². The maximum Gasteiger partial charge on any atom is 0.0467 e.